The van der Waals surface area contributed by atoms with Crippen LogP contribution in [0.25, 0.3) is 28.2 Å². The summed E-state index contributed by atoms with van der Waals surface area (Å²) >= 11 is 0. The fraction of sp³-hybridized carbons (Fsp3) is 0.190. The summed E-state index contributed by atoms with van der Waals surface area (Å²) in [5, 5.41) is 0. The normalized spacial score (nSPS) is 15.7. The summed E-state index contributed by atoms with van der Waals surface area (Å²) in [5.41, 5.74) is 11.2. The molecule has 1 saturated carbocycles. The Morgan fingerprint density at radius 1 is 0.962 bits per heavy atom. The zero-order valence-corrected chi connectivity index (χ0v) is 14.3. The van der Waals surface area contributed by atoms with Crippen LogP contribution in [0.2, 0.25) is 0 Å². The molecule has 0 atom stereocenters. The van der Waals surface area contributed by atoms with Crippen LogP contribution in [0.1, 0.15) is 24.8 Å². The predicted molar refractivity (Wildman–Crippen MR) is 102 cm³/mol. The fourth-order valence-electron chi connectivity index (χ4n) is 3.64. The highest BCUT2D eigenvalue weighted by molar-refractivity contribution is 5.79. The number of fused-ring (bicyclic) bond motifs is 1. The molecular formula is C21H19N5. The van der Waals surface area contributed by atoms with Crippen molar-refractivity contribution in [3.63, 3.8) is 0 Å². The van der Waals surface area contributed by atoms with Crippen LogP contribution in [0.5, 0.6) is 0 Å². The van der Waals surface area contributed by atoms with Gasteiger partial charge in [-0.15, -0.1) is 0 Å². The van der Waals surface area contributed by atoms with Gasteiger partial charge in [0.1, 0.15) is 17.7 Å². The fourth-order valence-corrected chi connectivity index (χ4v) is 3.64. The van der Waals surface area contributed by atoms with Gasteiger partial charge in [-0.25, -0.2) is 15.0 Å². The van der Waals surface area contributed by atoms with Gasteiger partial charge in [0.25, 0.3) is 0 Å². The minimum Gasteiger partial charge on any atom is -0.321 e. The maximum atomic E-state index is 6.46. The largest absolute Gasteiger partial charge is 0.321 e. The Bertz CT molecular complexity index is 1060. The van der Waals surface area contributed by atoms with E-state index in [2.05, 4.69) is 50.9 Å². The van der Waals surface area contributed by atoms with Crippen molar-refractivity contribution in [3.05, 3.63) is 72.7 Å². The smallest absolute Gasteiger partial charge is 0.168 e. The van der Waals surface area contributed by atoms with Gasteiger partial charge in [0.05, 0.1) is 6.20 Å². The molecule has 5 rings (SSSR count). The first kappa shape index (κ1) is 15.2. The van der Waals surface area contributed by atoms with Gasteiger partial charge >= 0.3 is 0 Å². The van der Waals surface area contributed by atoms with Crippen molar-refractivity contribution in [1.82, 2.24) is 19.5 Å². The molecule has 0 spiro atoms. The van der Waals surface area contributed by atoms with Crippen LogP contribution in [-0.2, 0) is 5.54 Å². The van der Waals surface area contributed by atoms with Crippen LogP contribution in [0.3, 0.4) is 0 Å². The molecule has 2 aromatic heterocycles. The Balaban J connectivity index is 1.67. The van der Waals surface area contributed by atoms with Crippen molar-refractivity contribution in [2.24, 2.45) is 5.73 Å². The van der Waals surface area contributed by atoms with Gasteiger partial charge in [0.15, 0.2) is 5.65 Å². The summed E-state index contributed by atoms with van der Waals surface area (Å²) in [7, 11) is 0. The molecule has 5 nitrogen and oxygen atoms in total. The van der Waals surface area contributed by atoms with Crippen LogP contribution in [0, 0.1) is 0 Å². The average molecular weight is 341 g/mol. The molecule has 1 fully saturated rings. The molecule has 4 aromatic rings. The van der Waals surface area contributed by atoms with E-state index in [4.69, 9.17) is 10.7 Å². The number of benzene rings is 2. The van der Waals surface area contributed by atoms with Crippen molar-refractivity contribution in [2.75, 3.05) is 0 Å². The molecule has 26 heavy (non-hydrogen) atoms. The molecule has 0 radical (unpaired) electrons. The van der Waals surface area contributed by atoms with E-state index in [1.54, 1.807) is 12.5 Å². The van der Waals surface area contributed by atoms with Crippen LogP contribution in [0.4, 0.5) is 0 Å². The van der Waals surface area contributed by atoms with Crippen molar-refractivity contribution < 1.29 is 0 Å². The zero-order chi connectivity index (χ0) is 17.6. The lowest BCUT2D eigenvalue weighted by Crippen LogP contribution is -2.43. The van der Waals surface area contributed by atoms with Gasteiger partial charge in [0.2, 0.25) is 0 Å². The number of aromatic nitrogens is 4. The topological polar surface area (TPSA) is 69.6 Å². The highest BCUT2D eigenvalue weighted by Gasteiger charge is 2.34. The molecule has 0 unspecified atom stereocenters. The minimum atomic E-state index is -0.149. The molecule has 5 heteroatoms. The van der Waals surface area contributed by atoms with E-state index in [-0.39, 0.29) is 5.54 Å². The second kappa shape index (κ2) is 5.75. The number of nitrogens with two attached hydrogens (primary N) is 1. The molecule has 2 aromatic carbocycles. The Labute approximate surface area is 151 Å². The molecule has 2 heterocycles. The monoisotopic (exact) mass is 341 g/mol. The van der Waals surface area contributed by atoms with E-state index in [0.29, 0.717) is 0 Å². The van der Waals surface area contributed by atoms with Crippen molar-refractivity contribution in [2.45, 2.75) is 24.8 Å². The van der Waals surface area contributed by atoms with Gasteiger partial charge in [-0.3, -0.25) is 4.57 Å². The SMILES string of the molecule is NC1(c2ccc(-c3nc4cncnc4n3-c3ccccc3)cc2)CCC1. The van der Waals surface area contributed by atoms with E-state index in [0.717, 1.165) is 41.1 Å². The van der Waals surface area contributed by atoms with Gasteiger partial charge in [0, 0.05) is 16.8 Å². The average Bonchev–Trinajstić information content (AvgIpc) is 3.06. The summed E-state index contributed by atoms with van der Waals surface area (Å²) < 4.78 is 2.08. The second-order valence-electron chi connectivity index (χ2n) is 6.92. The lowest BCUT2D eigenvalue weighted by atomic mass is 9.73. The summed E-state index contributed by atoms with van der Waals surface area (Å²) in [4.78, 5) is 13.4. The van der Waals surface area contributed by atoms with Crippen molar-refractivity contribution in [3.8, 4) is 17.1 Å². The Morgan fingerprint density at radius 2 is 1.73 bits per heavy atom. The first-order valence-electron chi connectivity index (χ1n) is 8.88. The van der Waals surface area contributed by atoms with E-state index >= 15 is 0 Å². The number of rotatable bonds is 3. The molecular weight excluding hydrogens is 322 g/mol. The Hall–Kier alpha value is -3.05. The number of para-hydroxylation sites is 1. The van der Waals surface area contributed by atoms with Crippen LogP contribution < -0.4 is 5.73 Å². The molecule has 1 aliphatic rings. The molecule has 0 bridgehead atoms. The van der Waals surface area contributed by atoms with Crippen molar-refractivity contribution in [1.29, 1.82) is 0 Å². The van der Waals surface area contributed by atoms with E-state index in [9.17, 15) is 0 Å². The maximum absolute atomic E-state index is 6.46. The summed E-state index contributed by atoms with van der Waals surface area (Å²) in [6.07, 6.45) is 6.64. The Morgan fingerprint density at radius 3 is 2.42 bits per heavy atom. The summed E-state index contributed by atoms with van der Waals surface area (Å²) in [6, 6.07) is 18.6. The molecule has 0 aliphatic heterocycles. The van der Waals surface area contributed by atoms with Crippen LogP contribution in [-0.4, -0.2) is 19.5 Å². The molecule has 0 amide bonds. The zero-order valence-electron chi connectivity index (χ0n) is 14.3. The second-order valence-corrected chi connectivity index (χ2v) is 6.92. The summed E-state index contributed by atoms with van der Waals surface area (Å²) in [5.74, 6) is 0.859. The molecule has 0 saturated heterocycles. The standard InChI is InChI=1S/C21H19N5/c22-21(11-4-12-21)16-9-7-15(8-10-16)19-25-18-13-23-14-24-20(18)26(19)17-5-2-1-3-6-17/h1-3,5-10,13-14H,4,11-12,22H2. The maximum Gasteiger partial charge on any atom is 0.168 e. The van der Waals surface area contributed by atoms with E-state index in [1.165, 1.54) is 12.0 Å². The van der Waals surface area contributed by atoms with Gasteiger partial charge in [-0.2, -0.15) is 0 Å². The van der Waals surface area contributed by atoms with Crippen molar-refractivity contribution >= 4 is 11.2 Å². The molecule has 2 N–H and O–H groups in total. The van der Waals surface area contributed by atoms with Gasteiger partial charge < -0.3 is 5.73 Å². The van der Waals surface area contributed by atoms with Gasteiger partial charge in [-0.05, 0) is 37.0 Å². The lowest BCUT2D eigenvalue weighted by molar-refractivity contribution is 0.253. The third kappa shape index (κ3) is 2.32. The Kier molecular flexibility index (Phi) is 3.36. The molecule has 1 aliphatic carbocycles. The van der Waals surface area contributed by atoms with Gasteiger partial charge in [-0.1, -0.05) is 42.5 Å². The first-order valence-corrected chi connectivity index (χ1v) is 8.88. The molecule has 128 valence electrons. The summed E-state index contributed by atoms with van der Waals surface area (Å²) in [6.45, 7) is 0. The highest BCUT2D eigenvalue weighted by atomic mass is 15.1. The van der Waals surface area contributed by atoms with E-state index < -0.39 is 0 Å². The number of hydrogen-bond acceptors (Lipinski definition) is 4. The predicted octanol–water partition coefficient (Wildman–Crippen LogP) is 3.82. The number of imidazole rings is 1. The third-order valence-electron chi connectivity index (χ3n) is 5.30. The third-order valence-corrected chi connectivity index (χ3v) is 5.30. The minimum absolute atomic E-state index is 0.149. The van der Waals surface area contributed by atoms with E-state index in [1.807, 2.05) is 18.2 Å². The van der Waals surface area contributed by atoms with Crippen LogP contribution >= 0.6 is 0 Å². The van der Waals surface area contributed by atoms with Crippen LogP contribution in [0.15, 0.2) is 67.1 Å². The lowest BCUT2D eigenvalue weighted by Gasteiger charge is -2.38. The first-order chi connectivity index (χ1) is 12.7. The number of nitrogens with zero attached hydrogens (tertiary/aromatic N) is 4. The highest BCUT2D eigenvalue weighted by Crippen LogP contribution is 2.39. The quantitative estimate of drug-likeness (QED) is 0.615. The number of hydrogen-bond donors (Lipinski definition) is 1.